The Kier molecular flexibility index (Phi) is 2.31. The van der Waals surface area contributed by atoms with Crippen LogP contribution in [0.2, 0.25) is 0 Å². The van der Waals surface area contributed by atoms with Crippen molar-refractivity contribution in [2.24, 2.45) is 5.14 Å². The molecule has 1 heterocycles. The van der Waals surface area contributed by atoms with Crippen LogP contribution >= 0.6 is 11.3 Å². The van der Waals surface area contributed by atoms with Gasteiger partial charge in [-0.25, -0.2) is 13.6 Å². The zero-order valence-corrected chi connectivity index (χ0v) is 7.71. The van der Waals surface area contributed by atoms with Gasteiger partial charge in [-0.3, -0.25) is 0 Å². The zero-order valence-electron chi connectivity index (χ0n) is 6.07. The number of hydrogen-bond donors (Lipinski definition) is 1. The van der Waals surface area contributed by atoms with Crippen LogP contribution in [0.25, 0.3) is 0 Å². The Bertz CT molecular complexity index is 339. The van der Waals surface area contributed by atoms with Gasteiger partial charge in [0.1, 0.15) is 0 Å². The van der Waals surface area contributed by atoms with Gasteiger partial charge in [-0.1, -0.05) is 6.92 Å². The van der Waals surface area contributed by atoms with Gasteiger partial charge in [0.15, 0.2) is 0 Å². The Morgan fingerprint density at radius 2 is 2.27 bits per heavy atom. The van der Waals surface area contributed by atoms with Crippen molar-refractivity contribution in [1.29, 1.82) is 0 Å². The van der Waals surface area contributed by atoms with Gasteiger partial charge in [0.05, 0.1) is 4.90 Å². The van der Waals surface area contributed by atoms with Gasteiger partial charge in [0.25, 0.3) is 0 Å². The van der Waals surface area contributed by atoms with E-state index in [1.54, 1.807) is 11.4 Å². The molecule has 0 aliphatic heterocycles. The quantitative estimate of drug-likeness (QED) is 0.756. The van der Waals surface area contributed by atoms with E-state index in [9.17, 15) is 8.42 Å². The van der Waals surface area contributed by atoms with Gasteiger partial charge in [-0.05, 0) is 12.5 Å². The predicted octanol–water partition coefficient (Wildman–Crippen LogP) is 0.958. The molecule has 0 atom stereocenters. The molecule has 0 aromatic carbocycles. The number of hydrogen-bond acceptors (Lipinski definition) is 3. The lowest BCUT2D eigenvalue weighted by Gasteiger charge is -1.88. The largest absolute Gasteiger partial charge is 0.238 e. The summed E-state index contributed by atoms with van der Waals surface area (Å²) < 4.78 is 21.5. The van der Waals surface area contributed by atoms with Crippen LogP contribution in [0.1, 0.15) is 11.8 Å². The third-order valence-corrected chi connectivity index (χ3v) is 3.43. The normalized spacial score (nSPS) is 11.8. The summed E-state index contributed by atoms with van der Waals surface area (Å²) in [5.41, 5.74) is 0. The first-order valence-electron chi connectivity index (χ1n) is 3.14. The van der Waals surface area contributed by atoms with Crippen molar-refractivity contribution < 1.29 is 8.42 Å². The van der Waals surface area contributed by atoms with Crippen LogP contribution in [0, 0.1) is 0 Å². The second-order valence-corrected chi connectivity index (χ2v) is 4.70. The molecule has 0 aliphatic rings. The van der Waals surface area contributed by atoms with E-state index in [1.807, 2.05) is 6.92 Å². The second kappa shape index (κ2) is 2.92. The summed E-state index contributed by atoms with van der Waals surface area (Å²) >= 11 is 1.42. The first-order valence-corrected chi connectivity index (χ1v) is 5.57. The highest BCUT2D eigenvalue weighted by Crippen LogP contribution is 2.17. The number of sulfonamides is 1. The van der Waals surface area contributed by atoms with E-state index in [4.69, 9.17) is 5.14 Å². The van der Waals surface area contributed by atoms with Crippen LogP contribution in [0.15, 0.2) is 16.3 Å². The fraction of sp³-hybridized carbons (Fsp3) is 0.333. The smallest absolute Gasteiger partial charge is 0.225 e. The summed E-state index contributed by atoms with van der Waals surface area (Å²) in [6, 6.07) is 1.61. The lowest BCUT2D eigenvalue weighted by Crippen LogP contribution is -2.10. The fourth-order valence-corrected chi connectivity index (χ4v) is 2.45. The molecule has 1 rings (SSSR count). The Balaban J connectivity index is 3.09. The molecule has 0 spiro atoms. The average molecular weight is 191 g/mol. The van der Waals surface area contributed by atoms with Crippen LogP contribution < -0.4 is 5.14 Å². The molecule has 3 nitrogen and oxygen atoms in total. The first-order chi connectivity index (χ1) is 5.04. The molecule has 0 saturated heterocycles. The van der Waals surface area contributed by atoms with E-state index >= 15 is 0 Å². The van der Waals surface area contributed by atoms with Crippen molar-refractivity contribution in [3.8, 4) is 0 Å². The van der Waals surface area contributed by atoms with Gasteiger partial charge >= 0.3 is 0 Å². The maximum Gasteiger partial charge on any atom is 0.238 e. The summed E-state index contributed by atoms with van der Waals surface area (Å²) in [6.07, 6.45) is 0.847. The van der Waals surface area contributed by atoms with Crippen LogP contribution in [0.4, 0.5) is 0 Å². The topological polar surface area (TPSA) is 60.2 Å². The number of rotatable bonds is 2. The molecule has 0 saturated carbocycles. The Morgan fingerprint density at radius 1 is 1.64 bits per heavy atom. The van der Waals surface area contributed by atoms with E-state index in [1.165, 1.54) is 11.3 Å². The first kappa shape index (κ1) is 8.70. The van der Waals surface area contributed by atoms with E-state index in [0.717, 1.165) is 11.3 Å². The molecule has 0 bridgehead atoms. The molecule has 62 valence electrons. The van der Waals surface area contributed by atoms with Crippen LogP contribution in [0.5, 0.6) is 0 Å². The number of nitrogens with two attached hydrogens (primary N) is 1. The van der Waals surface area contributed by atoms with Crippen molar-refractivity contribution in [3.05, 3.63) is 16.3 Å². The van der Waals surface area contributed by atoms with Crippen molar-refractivity contribution in [3.63, 3.8) is 0 Å². The molecule has 2 N–H and O–H groups in total. The van der Waals surface area contributed by atoms with Gasteiger partial charge in [-0.15, -0.1) is 11.3 Å². The van der Waals surface area contributed by atoms with Crippen LogP contribution in [-0.4, -0.2) is 8.42 Å². The highest BCUT2D eigenvalue weighted by Gasteiger charge is 2.08. The number of aryl methyl sites for hydroxylation is 1. The third kappa shape index (κ3) is 2.02. The molecule has 0 fully saturated rings. The summed E-state index contributed by atoms with van der Waals surface area (Å²) in [4.78, 5) is 1.26. The van der Waals surface area contributed by atoms with Crippen LogP contribution in [0.3, 0.4) is 0 Å². The molecule has 0 unspecified atom stereocenters. The van der Waals surface area contributed by atoms with E-state index in [-0.39, 0.29) is 4.90 Å². The zero-order chi connectivity index (χ0) is 8.48. The Morgan fingerprint density at radius 3 is 2.55 bits per heavy atom. The molecular formula is C6H9NO2S2. The Labute approximate surface area is 69.9 Å². The average Bonchev–Trinajstić information content (AvgIpc) is 2.32. The van der Waals surface area contributed by atoms with E-state index in [2.05, 4.69) is 0 Å². The summed E-state index contributed by atoms with van der Waals surface area (Å²) in [6.45, 7) is 1.97. The van der Waals surface area contributed by atoms with E-state index in [0.29, 0.717) is 0 Å². The lowest BCUT2D eigenvalue weighted by molar-refractivity contribution is 0.598. The summed E-state index contributed by atoms with van der Waals surface area (Å²) in [5.74, 6) is 0. The summed E-state index contributed by atoms with van der Waals surface area (Å²) in [5, 5.41) is 6.47. The van der Waals surface area contributed by atoms with Gasteiger partial charge in [-0.2, -0.15) is 0 Å². The second-order valence-electron chi connectivity index (χ2n) is 2.15. The highest BCUT2D eigenvalue weighted by molar-refractivity contribution is 7.89. The van der Waals surface area contributed by atoms with Gasteiger partial charge < -0.3 is 0 Å². The van der Waals surface area contributed by atoms with Crippen molar-refractivity contribution in [1.82, 2.24) is 0 Å². The maximum absolute atomic E-state index is 10.7. The third-order valence-electron chi connectivity index (χ3n) is 1.31. The fourth-order valence-electron chi connectivity index (χ4n) is 0.695. The van der Waals surface area contributed by atoms with Crippen molar-refractivity contribution in [2.45, 2.75) is 18.2 Å². The predicted molar refractivity (Wildman–Crippen MR) is 45.1 cm³/mol. The van der Waals surface area contributed by atoms with Gasteiger partial charge in [0, 0.05) is 10.3 Å². The molecule has 5 heteroatoms. The highest BCUT2D eigenvalue weighted by atomic mass is 32.2. The van der Waals surface area contributed by atoms with Gasteiger partial charge in [0.2, 0.25) is 10.0 Å². The van der Waals surface area contributed by atoms with Crippen molar-refractivity contribution in [2.75, 3.05) is 0 Å². The SMILES string of the molecule is CCc1cc(S(N)(=O)=O)cs1. The van der Waals surface area contributed by atoms with Crippen molar-refractivity contribution >= 4 is 21.4 Å². The number of primary sulfonamides is 1. The molecular weight excluding hydrogens is 182 g/mol. The monoisotopic (exact) mass is 191 g/mol. The molecule has 1 aromatic heterocycles. The van der Waals surface area contributed by atoms with E-state index < -0.39 is 10.0 Å². The minimum atomic E-state index is -3.48. The molecule has 1 aromatic rings. The lowest BCUT2D eigenvalue weighted by atomic mass is 10.4. The molecule has 11 heavy (non-hydrogen) atoms. The Hall–Kier alpha value is -0.390. The standard InChI is InChI=1S/C6H9NO2S2/c1-2-5-3-6(4-10-5)11(7,8)9/h3-4H,2H2,1H3,(H2,7,8,9). The molecule has 0 amide bonds. The van der Waals surface area contributed by atoms with Crippen LogP contribution in [-0.2, 0) is 16.4 Å². The number of thiophene rings is 1. The minimum Gasteiger partial charge on any atom is -0.225 e. The maximum atomic E-state index is 10.7. The molecule has 0 aliphatic carbocycles. The molecule has 0 radical (unpaired) electrons. The minimum absolute atomic E-state index is 0.222. The summed E-state index contributed by atoms with van der Waals surface area (Å²) in [7, 11) is -3.48.